The topological polar surface area (TPSA) is 0 Å². The Morgan fingerprint density at radius 1 is 0.583 bits per heavy atom. The Morgan fingerprint density at radius 3 is 2.33 bits per heavy atom. The summed E-state index contributed by atoms with van der Waals surface area (Å²) in [4.78, 5) is 0. The molecule has 1 rings (SSSR count). The lowest BCUT2D eigenvalue weighted by molar-refractivity contribution is 0.675. The van der Waals surface area contributed by atoms with Crippen molar-refractivity contribution < 1.29 is 0 Å². The molecular weight excluding hydrogens is 144 g/mol. The van der Waals surface area contributed by atoms with Gasteiger partial charge >= 0.3 is 0 Å². The van der Waals surface area contributed by atoms with E-state index >= 15 is 0 Å². The Balaban J connectivity index is 2.20. The van der Waals surface area contributed by atoms with Crippen molar-refractivity contribution in [3.8, 4) is 0 Å². The molecule has 0 fully saturated rings. The summed E-state index contributed by atoms with van der Waals surface area (Å²) in [6, 6.07) is 0. The highest BCUT2D eigenvalue weighted by Gasteiger charge is 1.89. The lowest BCUT2D eigenvalue weighted by Gasteiger charge is -1.98. The zero-order valence-electron chi connectivity index (χ0n) is 7.84. The van der Waals surface area contributed by atoms with E-state index in [1.165, 1.54) is 32.1 Å². The third kappa shape index (κ3) is 5.17. The molecule has 0 saturated carbocycles. The molecule has 0 N–H and O–H groups in total. The third-order valence-corrected chi connectivity index (χ3v) is 2.19. The monoisotopic (exact) mass is 163 g/mol. The van der Waals surface area contributed by atoms with Crippen molar-refractivity contribution in [2.24, 2.45) is 0 Å². The first-order valence-corrected chi connectivity index (χ1v) is 5.12. The van der Waals surface area contributed by atoms with Crippen molar-refractivity contribution >= 4 is 0 Å². The standard InChI is InChI=1S/C12H19/c1-2-4-6-8-10-12-11-9-7-5-3-1/h1-2,5-7H,3-4,8-12H2. The molecular formula is C12H19. The van der Waals surface area contributed by atoms with E-state index in [2.05, 4.69) is 30.7 Å². The summed E-state index contributed by atoms with van der Waals surface area (Å²) in [5, 5.41) is 0. The van der Waals surface area contributed by atoms with Crippen LogP contribution in [0.3, 0.4) is 0 Å². The Kier molecular flexibility index (Phi) is 5.70. The molecule has 0 aromatic carbocycles. The predicted molar refractivity (Wildman–Crippen MR) is 54.9 cm³/mol. The lowest BCUT2D eigenvalue weighted by Crippen LogP contribution is -1.80. The van der Waals surface area contributed by atoms with Crippen LogP contribution >= 0.6 is 0 Å². The zero-order chi connectivity index (χ0) is 8.49. The Bertz CT molecular complexity index is 126. The van der Waals surface area contributed by atoms with Gasteiger partial charge in [-0.05, 0) is 38.5 Å². The predicted octanol–water partition coefficient (Wildman–Crippen LogP) is 4.05. The summed E-state index contributed by atoms with van der Waals surface area (Å²) in [6.45, 7) is 0. The highest BCUT2D eigenvalue weighted by Crippen LogP contribution is 2.08. The van der Waals surface area contributed by atoms with Crippen LogP contribution in [0.5, 0.6) is 0 Å². The van der Waals surface area contributed by atoms with E-state index in [-0.39, 0.29) is 0 Å². The maximum absolute atomic E-state index is 2.39. The summed E-state index contributed by atoms with van der Waals surface area (Å²) in [5.74, 6) is 0. The van der Waals surface area contributed by atoms with Gasteiger partial charge in [0.2, 0.25) is 0 Å². The molecule has 0 aromatic heterocycles. The van der Waals surface area contributed by atoms with E-state index in [4.69, 9.17) is 0 Å². The molecule has 0 bridgehead atoms. The summed E-state index contributed by atoms with van der Waals surface area (Å²) >= 11 is 0. The molecule has 0 unspecified atom stereocenters. The summed E-state index contributed by atoms with van der Waals surface area (Å²) in [6.07, 6.45) is 20.5. The fourth-order valence-corrected chi connectivity index (χ4v) is 1.43. The van der Waals surface area contributed by atoms with Crippen LogP contribution in [0.2, 0.25) is 0 Å². The van der Waals surface area contributed by atoms with E-state index < -0.39 is 0 Å². The second-order valence-corrected chi connectivity index (χ2v) is 3.34. The zero-order valence-corrected chi connectivity index (χ0v) is 7.84. The van der Waals surface area contributed by atoms with Gasteiger partial charge in [0.15, 0.2) is 0 Å². The van der Waals surface area contributed by atoms with Crippen LogP contribution in [0.4, 0.5) is 0 Å². The molecule has 0 heterocycles. The van der Waals surface area contributed by atoms with E-state index in [1.807, 2.05) is 0 Å². The van der Waals surface area contributed by atoms with Gasteiger partial charge in [0.1, 0.15) is 0 Å². The van der Waals surface area contributed by atoms with Gasteiger partial charge in [-0.25, -0.2) is 0 Å². The van der Waals surface area contributed by atoms with E-state index in [0.29, 0.717) is 0 Å². The van der Waals surface area contributed by atoms with Crippen LogP contribution in [0.15, 0.2) is 24.3 Å². The second kappa shape index (κ2) is 7.15. The van der Waals surface area contributed by atoms with Crippen molar-refractivity contribution in [1.29, 1.82) is 0 Å². The van der Waals surface area contributed by atoms with Crippen molar-refractivity contribution in [1.82, 2.24) is 0 Å². The third-order valence-electron chi connectivity index (χ3n) is 2.19. The van der Waals surface area contributed by atoms with Crippen LogP contribution in [0.25, 0.3) is 0 Å². The minimum absolute atomic E-state index is 1.12. The van der Waals surface area contributed by atoms with Crippen molar-refractivity contribution in [2.45, 2.75) is 44.9 Å². The first-order chi connectivity index (χ1) is 6.00. The number of hydrogen-bond donors (Lipinski definition) is 0. The fourth-order valence-electron chi connectivity index (χ4n) is 1.43. The summed E-state index contributed by atoms with van der Waals surface area (Å²) in [7, 11) is 0. The van der Waals surface area contributed by atoms with Crippen molar-refractivity contribution in [3.63, 3.8) is 0 Å². The quantitative estimate of drug-likeness (QED) is 0.473. The molecule has 67 valence electrons. The van der Waals surface area contributed by atoms with Crippen LogP contribution in [0.1, 0.15) is 44.9 Å². The maximum atomic E-state index is 2.39. The van der Waals surface area contributed by atoms with Crippen LogP contribution < -0.4 is 0 Å². The van der Waals surface area contributed by atoms with Gasteiger partial charge in [0, 0.05) is 0 Å². The van der Waals surface area contributed by atoms with E-state index in [9.17, 15) is 0 Å². The second-order valence-electron chi connectivity index (χ2n) is 3.34. The SMILES string of the molecule is [CH]1CC=CCC=CCCCCC1. The van der Waals surface area contributed by atoms with Gasteiger partial charge in [0.25, 0.3) is 0 Å². The highest BCUT2D eigenvalue weighted by atomic mass is 14.0. The Labute approximate surface area is 76.4 Å². The van der Waals surface area contributed by atoms with Gasteiger partial charge in [-0.2, -0.15) is 0 Å². The fraction of sp³-hybridized carbons (Fsp3) is 0.583. The minimum atomic E-state index is 1.12. The van der Waals surface area contributed by atoms with Crippen LogP contribution in [-0.4, -0.2) is 0 Å². The van der Waals surface area contributed by atoms with E-state index in [1.54, 1.807) is 0 Å². The van der Waals surface area contributed by atoms with Crippen molar-refractivity contribution in [3.05, 3.63) is 30.7 Å². The molecule has 0 aliphatic heterocycles. The highest BCUT2D eigenvalue weighted by molar-refractivity contribution is 4.95. The smallest absolute Gasteiger partial charge is 0.0169 e. The Hall–Kier alpha value is -0.520. The normalized spacial score (nSPS) is 21.3. The van der Waals surface area contributed by atoms with Gasteiger partial charge in [-0.15, -0.1) is 0 Å². The molecule has 0 nitrogen and oxygen atoms in total. The summed E-state index contributed by atoms with van der Waals surface area (Å²) < 4.78 is 0. The molecule has 1 aliphatic rings. The molecule has 0 atom stereocenters. The molecule has 1 radical (unpaired) electrons. The molecule has 0 aromatic rings. The van der Waals surface area contributed by atoms with Gasteiger partial charge < -0.3 is 0 Å². The van der Waals surface area contributed by atoms with Gasteiger partial charge in [-0.3, -0.25) is 0 Å². The number of allylic oxidation sites excluding steroid dienone is 4. The molecule has 0 heteroatoms. The minimum Gasteiger partial charge on any atom is -0.0882 e. The molecule has 0 spiro atoms. The Morgan fingerprint density at radius 2 is 1.33 bits per heavy atom. The number of hydrogen-bond acceptors (Lipinski definition) is 0. The van der Waals surface area contributed by atoms with Crippen molar-refractivity contribution in [2.75, 3.05) is 0 Å². The molecule has 0 amide bonds. The molecule has 12 heavy (non-hydrogen) atoms. The first-order valence-electron chi connectivity index (χ1n) is 5.12. The van der Waals surface area contributed by atoms with E-state index in [0.717, 1.165) is 12.8 Å². The lowest BCUT2D eigenvalue weighted by atomic mass is 10.1. The maximum Gasteiger partial charge on any atom is -0.0169 e. The molecule has 1 aliphatic carbocycles. The van der Waals surface area contributed by atoms with Crippen LogP contribution in [0, 0.1) is 6.42 Å². The average Bonchev–Trinajstić information content (AvgIpc) is 2.05. The first kappa shape index (κ1) is 9.57. The average molecular weight is 163 g/mol. The summed E-state index contributed by atoms with van der Waals surface area (Å²) in [5.41, 5.74) is 0. The van der Waals surface area contributed by atoms with Gasteiger partial charge in [-0.1, -0.05) is 37.1 Å². The molecule has 0 saturated heterocycles. The van der Waals surface area contributed by atoms with Crippen LogP contribution in [-0.2, 0) is 0 Å². The number of rotatable bonds is 0. The largest absolute Gasteiger partial charge is 0.0882 e. The van der Waals surface area contributed by atoms with Gasteiger partial charge in [0.05, 0.1) is 0 Å².